The number of thioether (sulfide) groups is 1. The third-order valence-electron chi connectivity index (χ3n) is 3.34. The van der Waals surface area contributed by atoms with E-state index in [1.165, 1.54) is 30.0 Å². The number of hydrogen-bond acceptors (Lipinski definition) is 6. The van der Waals surface area contributed by atoms with Gasteiger partial charge in [-0.1, -0.05) is 36.0 Å². The van der Waals surface area contributed by atoms with Crippen molar-refractivity contribution in [2.45, 2.75) is 17.4 Å². The van der Waals surface area contributed by atoms with Gasteiger partial charge in [0.2, 0.25) is 0 Å². The Morgan fingerprint density at radius 2 is 2.00 bits per heavy atom. The normalized spacial score (nSPS) is 12.1. The Kier molecular flexibility index (Phi) is 4.57. The van der Waals surface area contributed by atoms with E-state index in [0.717, 1.165) is 5.56 Å². The lowest BCUT2D eigenvalue weighted by Crippen LogP contribution is -1.92. The van der Waals surface area contributed by atoms with Gasteiger partial charge >= 0.3 is 0 Å². The van der Waals surface area contributed by atoms with Crippen LogP contribution in [0.3, 0.4) is 0 Å². The van der Waals surface area contributed by atoms with Crippen molar-refractivity contribution in [2.24, 2.45) is 0 Å². The minimum absolute atomic E-state index is 0.0255. The summed E-state index contributed by atoms with van der Waals surface area (Å²) in [5.41, 5.74) is 1.03. The molecule has 1 heterocycles. The van der Waals surface area contributed by atoms with Crippen LogP contribution in [0.1, 0.15) is 17.7 Å². The second kappa shape index (κ2) is 6.79. The molecule has 0 radical (unpaired) electrons. The molecule has 0 aliphatic rings. The number of non-ortho nitro benzene ring substituents is 1. The Morgan fingerprint density at radius 3 is 2.75 bits per heavy atom. The number of aromatic nitrogens is 2. The highest BCUT2D eigenvalue weighted by Crippen LogP contribution is 2.36. The highest BCUT2D eigenvalue weighted by Gasteiger charge is 2.17. The zero-order valence-corrected chi connectivity index (χ0v) is 13.4. The highest BCUT2D eigenvalue weighted by atomic mass is 32.2. The molecule has 3 rings (SSSR count). The number of halogens is 1. The molecule has 0 unspecified atom stereocenters. The summed E-state index contributed by atoms with van der Waals surface area (Å²) in [6.07, 6.45) is 0. The number of nitro groups is 1. The van der Waals surface area contributed by atoms with Crippen molar-refractivity contribution in [2.75, 3.05) is 0 Å². The lowest BCUT2D eigenvalue weighted by atomic mass is 10.1. The topological polar surface area (TPSA) is 82.1 Å². The van der Waals surface area contributed by atoms with Gasteiger partial charge < -0.3 is 4.42 Å². The van der Waals surface area contributed by atoms with Crippen LogP contribution in [0.2, 0.25) is 0 Å². The van der Waals surface area contributed by atoms with E-state index in [0.29, 0.717) is 0 Å². The Balaban J connectivity index is 1.78. The number of hydrogen-bond donors (Lipinski definition) is 0. The molecule has 1 atom stereocenters. The van der Waals surface area contributed by atoms with Crippen molar-refractivity contribution in [1.29, 1.82) is 0 Å². The molecule has 0 saturated heterocycles. The molecule has 2 aromatic carbocycles. The second-order valence-electron chi connectivity index (χ2n) is 4.97. The maximum absolute atomic E-state index is 13.7. The Morgan fingerprint density at radius 1 is 1.21 bits per heavy atom. The summed E-state index contributed by atoms with van der Waals surface area (Å²) in [4.78, 5) is 10.4. The second-order valence-corrected chi connectivity index (χ2v) is 6.26. The van der Waals surface area contributed by atoms with Gasteiger partial charge in [0.15, 0.2) is 0 Å². The van der Waals surface area contributed by atoms with Crippen LogP contribution in [-0.4, -0.2) is 15.1 Å². The maximum Gasteiger partial charge on any atom is 0.277 e. The van der Waals surface area contributed by atoms with Crippen LogP contribution in [0.25, 0.3) is 11.5 Å². The third kappa shape index (κ3) is 3.43. The zero-order valence-electron chi connectivity index (χ0n) is 12.5. The summed E-state index contributed by atoms with van der Waals surface area (Å²) in [6, 6.07) is 12.5. The largest absolute Gasteiger partial charge is 0.411 e. The number of rotatable bonds is 5. The van der Waals surface area contributed by atoms with Gasteiger partial charge in [-0.3, -0.25) is 10.1 Å². The summed E-state index contributed by atoms with van der Waals surface area (Å²) in [6.45, 7) is 1.87. The van der Waals surface area contributed by atoms with Crippen molar-refractivity contribution >= 4 is 17.4 Å². The first kappa shape index (κ1) is 16.1. The van der Waals surface area contributed by atoms with E-state index in [4.69, 9.17) is 4.42 Å². The molecule has 8 heteroatoms. The average molecular weight is 345 g/mol. The Labute approximate surface area is 140 Å². The van der Waals surface area contributed by atoms with Crippen molar-refractivity contribution in [3.8, 4) is 11.5 Å². The van der Waals surface area contributed by atoms with Crippen LogP contribution in [0.5, 0.6) is 0 Å². The molecule has 0 aliphatic heterocycles. The first-order valence-corrected chi connectivity index (χ1v) is 7.92. The van der Waals surface area contributed by atoms with Gasteiger partial charge in [-0.15, -0.1) is 10.2 Å². The number of nitrogens with zero attached hydrogens (tertiary/aromatic N) is 3. The van der Waals surface area contributed by atoms with Crippen molar-refractivity contribution in [3.63, 3.8) is 0 Å². The summed E-state index contributed by atoms with van der Waals surface area (Å²) >= 11 is 1.25. The molecule has 122 valence electrons. The maximum atomic E-state index is 13.7. The van der Waals surface area contributed by atoms with Crippen LogP contribution >= 0.6 is 11.8 Å². The fourth-order valence-corrected chi connectivity index (χ4v) is 2.91. The molecule has 1 aromatic heterocycles. The van der Waals surface area contributed by atoms with Gasteiger partial charge in [0, 0.05) is 17.4 Å². The molecule has 0 bridgehead atoms. The first-order chi connectivity index (χ1) is 11.5. The molecule has 3 aromatic rings. The molecular formula is C16H12FN3O3S. The van der Waals surface area contributed by atoms with E-state index in [2.05, 4.69) is 10.2 Å². The van der Waals surface area contributed by atoms with Gasteiger partial charge in [0.25, 0.3) is 16.8 Å². The fourth-order valence-electron chi connectivity index (χ4n) is 2.11. The van der Waals surface area contributed by atoms with Crippen LogP contribution in [0, 0.1) is 15.9 Å². The van der Waals surface area contributed by atoms with Gasteiger partial charge in [-0.05, 0) is 24.6 Å². The standard InChI is InChI=1S/C16H12FN3O3S/c1-10(11-5-4-6-12(9-11)20(21)22)24-16-19-18-15(23-16)13-7-2-3-8-14(13)17/h2-10H,1H3/t10-/m0/s1. The predicted molar refractivity (Wildman–Crippen MR) is 87.1 cm³/mol. The van der Waals surface area contributed by atoms with Crippen LogP contribution < -0.4 is 0 Å². The van der Waals surface area contributed by atoms with Crippen LogP contribution in [0.15, 0.2) is 58.2 Å². The van der Waals surface area contributed by atoms with E-state index in [1.54, 1.807) is 30.3 Å². The summed E-state index contributed by atoms with van der Waals surface area (Å²) in [5.74, 6) is -0.341. The molecule has 0 fully saturated rings. The summed E-state index contributed by atoms with van der Waals surface area (Å²) < 4.78 is 19.2. The zero-order chi connectivity index (χ0) is 17.1. The average Bonchev–Trinajstić information content (AvgIpc) is 3.03. The van der Waals surface area contributed by atoms with Gasteiger partial charge in [-0.2, -0.15) is 0 Å². The smallest absolute Gasteiger partial charge is 0.277 e. The quantitative estimate of drug-likeness (QED) is 0.381. The van der Waals surface area contributed by atoms with Crippen molar-refractivity contribution < 1.29 is 13.7 Å². The highest BCUT2D eigenvalue weighted by molar-refractivity contribution is 7.99. The molecule has 0 saturated carbocycles. The fraction of sp³-hybridized carbons (Fsp3) is 0.125. The van der Waals surface area contributed by atoms with E-state index in [-0.39, 0.29) is 27.6 Å². The van der Waals surface area contributed by atoms with Crippen LogP contribution in [0.4, 0.5) is 10.1 Å². The molecule has 24 heavy (non-hydrogen) atoms. The predicted octanol–water partition coefficient (Wildman–Crippen LogP) is 4.64. The van der Waals surface area contributed by atoms with Crippen molar-refractivity contribution in [3.05, 3.63) is 70.0 Å². The van der Waals surface area contributed by atoms with E-state index < -0.39 is 10.7 Å². The monoisotopic (exact) mass is 345 g/mol. The van der Waals surface area contributed by atoms with Gasteiger partial charge in [0.05, 0.1) is 10.5 Å². The Bertz CT molecular complexity index is 884. The van der Waals surface area contributed by atoms with E-state index in [1.807, 2.05) is 6.92 Å². The summed E-state index contributed by atoms with van der Waals surface area (Å²) in [7, 11) is 0. The SMILES string of the molecule is C[C@H](Sc1nnc(-c2ccccc2F)o1)c1cccc([N+](=O)[O-])c1. The third-order valence-corrected chi connectivity index (χ3v) is 4.33. The Hall–Kier alpha value is -2.74. The minimum Gasteiger partial charge on any atom is -0.411 e. The van der Waals surface area contributed by atoms with Gasteiger partial charge in [-0.25, -0.2) is 4.39 Å². The molecule has 0 amide bonds. The molecule has 0 aliphatic carbocycles. The van der Waals surface area contributed by atoms with Crippen LogP contribution in [-0.2, 0) is 0 Å². The number of nitro benzene ring substituents is 1. The molecule has 6 nitrogen and oxygen atoms in total. The summed E-state index contributed by atoms with van der Waals surface area (Å²) in [5, 5.41) is 18.7. The minimum atomic E-state index is -0.441. The van der Waals surface area contributed by atoms with E-state index in [9.17, 15) is 14.5 Å². The van der Waals surface area contributed by atoms with E-state index >= 15 is 0 Å². The van der Waals surface area contributed by atoms with Gasteiger partial charge in [0.1, 0.15) is 5.82 Å². The lowest BCUT2D eigenvalue weighted by Gasteiger charge is -2.08. The number of benzene rings is 2. The van der Waals surface area contributed by atoms with Crippen molar-refractivity contribution in [1.82, 2.24) is 10.2 Å². The molecule has 0 spiro atoms. The first-order valence-electron chi connectivity index (χ1n) is 7.04. The lowest BCUT2D eigenvalue weighted by molar-refractivity contribution is -0.384. The molecule has 0 N–H and O–H groups in total. The molecular weight excluding hydrogens is 333 g/mol.